The third-order valence-electron chi connectivity index (χ3n) is 3.29. The number of aliphatic carboxylic acids is 1. The minimum absolute atomic E-state index is 0.579. The topological polar surface area (TPSA) is 81.1 Å². The Morgan fingerprint density at radius 3 is 2.60 bits per heavy atom. The van der Waals surface area contributed by atoms with Gasteiger partial charge in [0.25, 0.3) is 0 Å². The highest BCUT2D eigenvalue weighted by Gasteiger charge is 2.33. The SMILES string of the molecule is CCc1nn(CC)c(CSC(C)(C)[C@H](N)C(=O)O)c1Cl. The summed E-state index contributed by atoms with van der Waals surface area (Å²) in [5.41, 5.74) is 7.53. The van der Waals surface area contributed by atoms with E-state index in [4.69, 9.17) is 22.4 Å². The van der Waals surface area contributed by atoms with Crippen molar-refractivity contribution in [2.45, 2.75) is 57.2 Å². The number of carbonyl (C=O) groups is 1. The number of nitrogens with zero attached hydrogens (tertiary/aromatic N) is 2. The van der Waals surface area contributed by atoms with Crippen LogP contribution in [0.4, 0.5) is 0 Å². The lowest BCUT2D eigenvalue weighted by atomic mass is 10.1. The fraction of sp³-hybridized carbons (Fsp3) is 0.692. The molecule has 0 unspecified atom stereocenters. The van der Waals surface area contributed by atoms with Crippen LogP contribution in [-0.4, -0.2) is 31.6 Å². The summed E-state index contributed by atoms with van der Waals surface area (Å²) in [5.74, 6) is -0.403. The first-order chi connectivity index (χ1) is 9.24. The van der Waals surface area contributed by atoms with Gasteiger partial charge in [-0.05, 0) is 27.2 Å². The predicted octanol–water partition coefficient (Wildman–Crippen LogP) is 2.54. The zero-order valence-corrected chi connectivity index (χ0v) is 13.9. The Morgan fingerprint density at radius 1 is 1.55 bits per heavy atom. The predicted molar refractivity (Wildman–Crippen MR) is 83.3 cm³/mol. The molecule has 1 atom stereocenters. The average Bonchev–Trinajstić information content (AvgIpc) is 2.71. The monoisotopic (exact) mass is 319 g/mol. The average molecular weight is 320 g/mol. The van der Waals surface area contributed by atoms with Crippen LogP contribution >= 0.6 is 23.4 Å². The van der Waals surface area contributed by atoms with Crippen molar-refractivity contribution in [3.05, 3.63) is 16.4 Å². The summed E-state index contributed by atoms with van der Waals surface area (Å²) < 4.78 is 1.29. The highest BCUT2D eigenvalue weighted by atomic mass is 35.5. The summed E-state index contributed by atoms with van der Waals surface area (Å²) in [6.45, 7) is 8.41. The Morgan fingerprint density at radius 2 is 2.15 bits per heavy atom. The van der Waals surface area contributed by atoms with Gasteiger partial charge in [0.2, 0.25) is 0 Å². The molecule has 0 radical (unpaired) electrons. The molecule has 0 aliphatic carbocycles. The Kier molecular flexibility index (Phi) is 5.91. The first-order valence-electron chi connectivity index (χ1n) is 6.60. The van der Waals surface area contributed by atoms with Crippen molar-refractivity contribution < 1.29 is 9.90 Å². The van der Waals surface area contributed by atoms with E-state index in [1.807, 2.05) is 32.4 Å². The molecule has 0 bridgehead atoms. The Labute approximate surface area is 128 Å². The number of aryl methyl sites for hydroxylation is 2. The minimum Gasteiger partial charge on any atom is -0.480 e. The molecule has 0 saturated carbocycles. The summed E-state index contributed by atoms with van der Waals surface area (Å²) in [7, 11) is 0. The fourth-order valence-corrected chi connectivity index (χ4v) is 3.29. The Balaban J connectivity index is 2.89. The maximum Gasteiger partial charge on any atom is 0.321 e. The van der Waals surface area contributed by atoms with Crippen molar-refractivity contribution >= 4 is 29.3 Å². The van der Waals surface area contributed by atoms with Gasteiger partial charge >= 0.3 is 5.97 Å². The second-order valence-electron chi connectivity index (χ2n) is 5.08. The standard InChI is InChI=1S/C13H22ClN3O2S/c1-5-8-10(14)9(17(6-2)16-8)7-20-13(3,4)11(15)12(18)19/h11H,5-7,15H2,1-4H3,(H,18,19)/t11-/m1/s1. The Bertz CT molecular complexity index is 488. The van der Waals surface area contributed by atoms with E-state index >= 15 is 0 Å². The van der Waals surface area contributed by atoms with E-state index in [0.29, 0.717) is 10.8 Å². The first kappa shape index (κ1) is 17.3. The van der Waals surface area contributed by atoms with Gasteiger partial charge in [0.05, 0.1) is 16.4 Å². The van der Waals surface area contributed by atoms with Crippen molar-refractivity contribution in [1.29, 1.82) is 0 Å². The number of hydrogen-bond acceptors (Lipinski definition) is 4. The molecule has 1 rings (SSSR count). The van der Waals surface area contributed by atoms with Gasteiger partial charge in [-0.1, -0.05) is 18.5 Å². The largest absolute Gasteiger partial charge is 0.480 e. The molecule has 0 spiro atoms. The summed E-state index contributed by atoms with van der Waals surface area (Å²) in [5, 5.41) is 14.2. The Hall–Kier alpha value is -0.720. The van der Waals surface area contributed by atoms with Gasteiger partial charge in [-0.15, -0.1) is 11.8 Å². The van der Waals surface area contributed by atoms with E-state index in [2.05, 4.69) is 5.10 Å². The van der Waals surface area contributed by atoms with Crippen LogP contribution in [0.2, 0.25) is 5.02 Å². The van der Waals surface area contributed by atoms with Crippen LogP contribution in [0.15, 0.2) is 0 Å². The quantitative estimate of drug-likeness (QED) is 0.807. The fourth-order valence-electron chi connectivity index (χ4n) is 1.80. The smallest absolute Gasteiger partial charge is 0.321 e. The third-order valence-corrected chi connectivity index (χ3v) is 5.14. The molecule has 1 aromatic rings. The number of carboxylic acids is 1. The molecule has 7 heteroatoms. The van der Waals surface area contributed by atoms with Gasteiger partial charge in [0, 0.05) is 17.0 Å². The molecule has 114 valence electrons. The van der Waals surface area contributed by atoms with E-state index in [1.54, 1.807) is 0 Å². The number of aromatic nitrogens is 2. The van der Waals surface area contributed by atoms with Crippen LogP contribution in [0.3, 0.4) is 0 Å². The molecule has 20 heavy (non-hydrogen) atoms. The molecule has 0 aromatic carbocycles. The molecule has 1 heterocycles. The number of thioether (sulfide) groups is 1. The van der Waals surface area contributed by atoms with Crippen molar-refractivity contribution in [2.75, 3.05) is 0 Å². The van der Waals surface area contributed by atoms with Gasteiger partial charge < -0.3 is 10.8 Å². The maximum atomic E-state index is 11.0. The maximum absolute atomic E-state index is 11.0. The summed E-state index contributed by atoms with van der Waals surface area (Å²) in [4.78, 5) is 11.0. The number of nitrogens with two attached hydrogens (primary N) is 1. The van der Waals surface area contributed by atoms with E-state index < -0.39 is 16.8 Å². The molecule has 0 aliphatic heterocycles. The molecule has 1 aromatic heterocycles. The van der Waals surface area contributed by atoms with Gasteiger partial charge in [-0.2, -0.15) is 5.10 Å². The summed E-state index contributed by atoms with van der Waals surface area (Å²) in [6.07, 6.45) is 0.779. The van der Waals surface area contributed by atoms with E-state index in [9.17, 15) is 4.79 Å². The van der Waals surface area contributed by atoms with Crippen molar-refractivity contribution in [3.63, 3.8) is 0 Å². The minimum atomic E-state index is -0.994. The molecule has 0 amide bonds. The number of hydrogen-bond donors (Lipinski definition) is 2. The highest BCUT2D eigenvalue weighted by Crippen LogP contribution is 2.33. The van der Waals surface area contributed by atoms with E-state index in [1.165, 1.54) is 11.8 Å². The molecule has 0 fully saturated rings. The number of halogens is 1. The summed E-state index contributed by atoms with van der Waals surface area (Å²) in [6, 6.07) is -0.921. The number of rotatable bonds is 7. The van der Waals surface area contributed by atoms with Crippen LogP contribution < -0.4 is 5.73 Å². The van der Waals surface area contributed by atoms with Gasteiger partial charge in [-0.25, -0.2) is 0 Å². The van der Waals surface area contributed by atoms with E-state index in [0.717, 1.165) is 24.4 Å². The van der Waals surface area contributed by atoms with Crippen molar-refractivity contribution in [3.8, 4) is 0 Å². The lowest BCUT2D eigenvalue weighted by Gasteiger charge is -2.28. The van der Waals surface area contributed by atoms with Crippen LogP contribution in [0, 0.1) is 0 Å². The first-order valence-corrected chi connectivity index (χ1v) is 7.97. The van der Waals surface area contributed by atoms with Crippen LogP contribution in [0.25, 0.3) is 0 Å². The van der Waals surface area contributed by atoms with Gasteiger partial charge in [0.15, 0.2) is 0 Å². The second kappa shape index (κ2) is 6.83. The molecular formula is C13H22ClN3O2S. The zero-order valence-electron chi connectivity index (χ0n) is 12.3. The molecule has 5 nitrogen and oxygen atoms in total. The van der Waals surface area contributed by atoms with Crippen LogP contribution in [0.1, 0.15) is 39.1 Å². The second-order valence-corrected chi connectivity index (χ2v) is 7.09. The molecule has 3 N–H and O–H groups in total. The van der Waals surface area contributed by atoms with Crippen LogP contribution in [-0.2, 0) is 23.5 Å². The normalized spacial score (nSPS) is 13.5. The highest BCUT2D eigenvalue weighted by molar-refractivity contribution is 7.99. The van der Waals surface area contributed by atoms with Crippen molar-refractivity contribution in [1.82, 2.24) is 9.78 Å². The van der Waals surface area contributed by atoms with Crippen LogP contribution in [0.5, 0.6) is 0 Å². The zero-order chi connectivity index (χ0) is 15.5. The molecular weight excluding hydrogens is 298 g/mol. The number of carboxylic acid groups (broad SMARTS) is 1. The van der Waals surface area contributed by atoms with E-state index in [-0.39, 0.29) is 0 Å². The lowest BCUT2D eigenvalue weighted by molar-refractivity contribution is -0.139. The third kappa shape index (κ3) is 3.68. The lowest BCUT2D eigenvalue weighted by Crippen LogP contribution is -2.46. The van der Waals surface area contributed by atoms with Gasteiger partial charge in [-0.3, -0.25) is 9.48 Å². The molecule has 0 saturated heterocycles. The van der Waals surface area contributed by atoms with Crippen molar-refractivity contribution in [2.24, 2.45) is 5.73 Å². The molecule has 0 aliphatic rings. The van der Waals surface area contributed by atoms with Gasteiger partial charge in [0.1, 0.15) is 6.04 Å². The summed E-state index contributed by atoms with van der Waals surface area (Å²) >= 11 is 7.82.